The number of carbonyl (C=O) groups excluding carboxylic acids is 1. The number of ether oxygens (including phenoxy) is 1. The molecule has 0 saturated carbocycles. The van der Waals surface area contributed by atoms with E-state index in [9.17, 15) is 4.79 Å². The first-order valence-electron chi connectivity index (χ1n) is 7.50. The van der Waals surface area contributed by atoms with Gasteiger partial charge < -0.3 is 15.4 Å². The Hall–Kier alpha value is -1.88. The number of carbonyl (C=O) groups is 1. The first-order valence-corrected chi connectivity index (χ1v) is 7.91. The van der Waals surface area contributed by atoms with Crippen molar-refractivity contribution >= 4 is 23.3 Å². The Bertz CT molecular complexity index is 606. The van der Waals surface area contributed by atoms with E-state index in [1.165, 1.54) is 5.56 Å². The molecule has 1 aromatic rings. The molecule has 1 aliphatic heterocycles. The second-order valence-electron chi connectivity index (χ2n) is 5.62. The van der Waals surface area contributed by atoms with E-state index in [0.29, 0.717) is 10.7 Å². The van der Waals surface area contributed by atoms with Gasteiger partial charge in [-0.05, 0) is 50.5 Å². The van der Waals surface area contributed by atoms with Gasteiger partial charge in [0.15, 0.2) is 5.11 Å². The van der Waals surface area contributed by atoms with E-state index in [0.717, 1.165) is 17.7 Å². The lowest BCUT2D eigenvalue weighted by atomic mass is 9.94. The normalized spacial score (nSPS) is 18.0. The molecule has 22 heavy (non-hydrogen) atoms. The predicted molar refractivity (Wildman–Crippen MR) is 91.4 cm³/mol. The van der Waals surface area contributed by atoms with Gasteiger partial charge in [0.2, 0.25) is 0 Å². The SMILES string of the molecule is CCc1ccc([C@H]2NC(=S)NC(C)=C2C(=O)OC(C)C)cc1. The summed E-state index contributed by atoms with van der Waals surface area (Å²) in [5.41, 5.74) is 3.56. The minimum absolute atomic E-state index is 0.162. The first-order chi connectivity index (χ1) is 10.4. The van der Waals surface area contributed by atoms with E-state index >= 15 is 0 Å². The van der Waals surface area contributed by atoms with Gasteiger partial charge in [-0.3, -0.25) is 0 Å². The van der Waals surface area contributed by atoms with Crippen LogP contribution in [0.1, 0.15) is 44.9 Å². The van der Waals surface area contributed by atoms with Crippen LogP contribution in [0.5, 0.6) is 0 Å². The number of thiocarbonyl (C=S) groups is 1. The van der Waals surface area contributed by atoms with Crippen LogP contribution in [-0.2, 0) is 16.0 Å². The molecule has 1 aliphatic rings. The van der Waals surface area contributed by atoms with Crippen LogP contribution in [0.25, 0.3) is 0 Å². The molecule has 4 nitrogen and oxygen atoms in total. The molecule has 1 aromatic carbocycles. The Labute approximate surface area is 136 Å². The average Bonchev–Trinajstić information content (AvgIpc) is 2.45. The van der Waals surface area contributed by atoms with Crippen LogP contribution < -0.4 is 10.6 Å². The van der Waals surface area contributed by atoms with Gasteiger partial charge in [-0.2, -0.15) is 0 Å². The largest absolute Gasteiger partial charge is 0.459 e. The van der Waals surface area contributed by atoms with Crippen molar-refractivity contribution < 1.29 is 9.53 Å². The van der Waals surface area contributed by atoms with Crippen molar-refractivity contribution in [3.05, 3.63) is 46.7 Å². The standard InChI is InChI=1S/C17H22N2O2S/c1-5-12-6-8-13(9-7-12)15-14(16(20)21-10(2)3)11(4)18-17(22)19-15/h6-10,15H,5H2,1-4H3,(H2,18,19,22)/t15-/m1/s1. The van der Waals surface area contributed by atoms with E-state index in [4.69, 9.17) is 17.0 Å². The molecule has 0 bridgehead atoms. The van der Waals surface area contributed by atoms with Crippen LogP contribution >= 0.6 is 12.2 Å². The second-order valence-corrected chi connectivity index (χ2v) is 6.03. The number of rotatable bonds is 4. The van der Waals surface area contributed by atoms with Crippen LogP contribution in [0.3, 0.4) is 0 Å². The average molecular weight is 318 g/mol. The zero-order chi connectivity index (χ0) is 16.3. The molecule has 2 N–H and O–H groups in total. The van der Waals surface area contributed by atoms with Crippen LogP contribution in [0.15, 0.2) is 35.5 Å². The highest BCUT2D eigenvalue weighted by Gasteiger charge is 2.31. The molecule has 0 unspecified atom stereocenters. The summed E-state index contributed by atoms with van der Waals surface area (Å²) in [6.45, 7) is 7.64. The molecule has 118 valence electrons. The Kier molecular flexibility index (Phi) is 5.19. The highest BCUT2D eigenvalue weighted by Crippen LogP contribution is 2.28. The lowest BCUT2D eigenvalue weighted by Crippen LogP contribution is -2.45. The van der Waals surface area contributed by atoms with E-state index in [-0.39, 0.29) is 18.1 Å². The Morgan fingerprint density at radius 3 is 2.50 bits per heavy atom. The van der Waals surface area contributed by atoms with Gasteiger partial charge in [-0.25, -0.2) is 4.79 Å². The summed E-state index contributed by atoms with van der Waals surface area (Å²) >= 11 is 5.23. The molecule has 0 fully saturated rings. The third kappa shape index (κ3) is 3.65. The van der Waals surface area contributed by atoms with Crippen molar-refractivity contribution in [1.82, 2.24) is 10.6 Å². The quantitative estimate of drug-likeness (QED) is 0.660. The maximum Gasteiger partial charge on any atom is 0.338 e. The summed E-state index contributed by atoms with van der Waals surface area (Å²) in [4.78, 5) is 12.4. The number of esters is 1. The molecule has 0 spiro atoms. The summed E-state index contributed by atoms with van der Waals surface area (Å²) < 4.78 is 5.37. The maximum absolute atomic E-state index is 12.4. The van der Waals surface area contributed by atoms with E-state index < -0.39 is 0 Å². The van der Waals surface area contributed by atoms with Crippen molar-refractivity contribution in [3.63, 3.8) is 0 Å². The predicted octanol–water partition coefficient (Wildman–Crippen LogP) is 2.99. The lowest BCUT2D eigenvalue weighted by Gasteiger charge is -2.30. The zero-order valence-corrected chi connectivity index (χ0v) is 14.2. The van der Waals surface area contributed by atoms with Crippen LogP contribution in [0.4, 0.5) is 0 Å². The van der Waals surface area contributed by atoms with Crippen LogP contribution in [0.2, 0.25) is 0 Å². The highest BCUT2D eigenvalue weighted by molar-refractivity contribution is 7.80. The number of benzene rings is 1. The lowest BCUT2D eigenvalue weighted by molar-refractivity contribution is -0.143. The van der Waals surface area contributed by atoms with Crippen molar-refractivity contribution in [2.75, 3.05) is 0 Å². The summed E-state index contributed by atoms with van der Waals surface area (Å²) in [5, 5.41) is 6.69. The van der Waals surface area contributed by atoms with Gasteiger partial charge in [0.1, 0.15) is 0 Å². The van der Waals surface area contributed by atoms with E-state index in [2.05, 4.69) is 29.7 Å². The molecule has 0 radical (unpaired) electrons. The van der Waals surface area contributed by atoms with E-state index in [1.54, 1.807) is 0 Å². The molecule has 1 heterocycles. The fraction of sp³-hybridized carbons (Fsp3) is 0.412. The third-order valence-corrected chi connectivity index (χ3v) is 3.77. The molecular formula is C17H22N2O2S. The van der Waals surface area contributed by atoms with Crippen molar-refractivity contribution in [2.24, 2.45) is 0 Å². The molecule has 2 rings (SSSR count). The number of hydrogen-bond donors (Lipinski definition) is 2. The number of aryl methyl sites for hydroxylation is 1. The summed E-state index contributed by atoms with van der Waals surface area (Å²) in [7, 11) is 0. The van der Waals surface area contributed by atoms with E-state index in [1.807, 2.05) is 32.9 Å². The van der Waals surface area contributed by atoms with Crippen molar-refractivity contribution in [2.45, 2.75) is 46.3 Å². The molecule has 5 heteroatoms. The Morgan fingerprint density at radius 2 is 1.95 bits per heavy atom. The molecule has 0 aromatic heterocycles. The monoisotopic (exact) mass is 318 g/mol. The fourth-order valence-corrected chi connectivity index (χ4v) is 2.71. The molecule has 1 atom stereocenters. The number of hydrogen-bond acceptors (Lipinski definition) is 3. The molecular weight excluding hydrogens is 296 g/mol. The van der Waals surface area contributed by atoms with Crippen LogP contribution in [0, 0.1) is 0 Å². The summed E-state index contributed by atoms with van der Waals surface area (Å²) in [6.07, 6.45) is 0.819. The molecule has 0 saturated heterocycles. The second kappa shape index (κ2) is 6.92. The fourth-order valence-electron chi connectivity index (χ4n) is 2.44. The van der Waals surface area contributed by atoms with Gasteiger partial charge in [0.05, 0.1) is 17.7 Å². The van der Waals surface area contributed by atoms with Crippen molar-refractivity contribution in [1.29, 1.82) is 0 Å². The minimum atomic E-state index is -0.320. The highest BCUT2D eigenvalue weighted by atomic mass is 32.1. The van der Waals surface area contributed by atoms with Gasteiger partial charge in [-0.15, -0.1) is 0 Å². The summed E-state index contributed by atoms with van der Waals surface area (Å²) in [6, 6.07) is 7.91. The van der Waals surface area contributed by atoms with Gasteiger partial charge in [0.25, 0.3) is 0 Å². The molecule has 0 amide bonds. The Morgan fingerprint density at radius 1 is 1.32 bits per heavy atom. The summed E-state index contributed by atoms with van der Waals surface area (Å²) in [5.74, 6) is -0.320. The molecule has 0 aliphatic carbocycles. The van der Waals surface area contributed by atoms with Crippen molar-refractivity contribution in [3.8, 4) is 0 Å². The number of allylic oxidation sites excluding steroid dienone is 1. The number of nitrogens with one attached hydrogen (secondary N) is 2. The smallest absolute Gasteiger partial charge is 0.338 e. The van der Waals surface area contributed by atoms with Gasteiger partial charge in [-0.1, -0.05) is 31.2 Å². The first kappa shape index (κ1) is 16.5. The van der Waals surface area contributed by atoms with Crippen LogP contribution in [-0.4, -0.2) is 17.2 Å². The minimum Gasteiger partial charge on any atom is -0.459 e. The maximum atomic E-state index is 12.4. The van der Waals surface area contributed by atoms with Gasteiger partial charge >= 0.3 is 5.97 Å². The van der Waals surface area contributed by atoms with Gasteiger partial charge in [0, 0.05) is 5.70 Å². The third-order valence-electron chi connectivity index (χ3n) is 3.55. The Balaban J connectivity index is 2.38. The topological polar surface area (TPSA) is 50.4 Å². The zero-order valence-electron chi connectivity index (χ0n) is 13.4.